The number of unbranched alkanes of at least 4 members (excludes halogenated alkanes) is 40. The van der Waals surface area contributed by atoms with Crippen molar-refractivity contribution in [2.75, 3.05) is 13.2 Å². The van der Waals surface area contributed by atoms with Gasteiger partial charge in [-0.2, -0.15) is 0 Å². The zero-order chi connectivity index (χ0) is 59.6. The van der Waals surface area contributed by atoms with Crippen LogP contribution in [0, 0.1) is 0 Å². The largest absolute Gasteiger partial charge is 0.454 e. The summed E-state index contributed by atoms with van der Waals surface area (Å²) in [7, 11) is 0. The van der Waals surface area contributed by atoms with Gasteiger partial charge in [-0.3, -0.25) is 9.59 Å². The maximum atomic E-state index is 13.5. The van der Waals surface area contributed by atoms with Gasteiger partial charge in [0.25, 0.3) is 0 Å². The molecule has 1 rings (SSSR count). The van der Waals surface area contributed by atoms with E-state index in [1.54, 1.807) is 6.08 Å². The third kappa shape index (κ3) is 45.9. The number of rotatable bonds is 60. The molecular formula is C71H131NO10. The van der Waals surface area contributed by atoms with E-state index >= 15 is 0 Å². The second-order valence-corrected chi connectivity index (χ2v) is 24.2. The van der Waals surface area contributed by atoms with E-state index in [-0.39, 0.29) is 13.0 Å². The van der Waals surface area contributed by atoms with Gasteiger partial charge in [-0.1, -0.05) is 313 Å². The van der Waals surface area contributed by atoms with Crippen LogP contribution in [0.5, 0.6) is 0 Å². The van der Waals surface area contributed by atoms with E-state index in [1.165, 1.54) is 199 Å². The minimum atomic E-state index is -1.62. The fourth-order valence-electron chi connectivity index (χ4n) is 11.0. The zero-order valence-corrected chi connectivity index (χ0v) is 53.4. The molecule has 0 spiro atoms. The molecule has 11 heteroatoms. The van der Waals surface area contributed by atoms with Gasteiger partial charge in [0.15, 0.2) is 12.4 Å². The molecule has 11 nitrogen and oxygen atoms in total. The fourth-order valence-corrected chi connectivity index (χ4v) is 11.0. The molecule has 0 radical (unpaired) electrons. The predicted octanol–water partition coefficient (Wildman–Crippen LogP) is 17.6. The van der Waals surface area contributed by atoms with Crippen LogP contribution in [0.4, 0.5) is 0 Å². The predicted molar refractivity (Wildman–Crippen MR) is 343 cm³/mol. The highest BCUT2D eigenvalue weighted by Crippen LogP contribution is 2.26. The normalized spacial score (nSPS) is 18.9. The molecular weight excluding hydrogens is 1030 g/mol. The van der Waals surface area contributed by atoms with Crippen LogP contribution in [0.3, 0.4) is 0 Å². The number of hydrogen-bond donors (Lipinski definition) is 6. The average molecular weight is 1160 g/mol. The van der Waals surface area contributed by atoms with Crippen LogP contribution in [0.1, 0.15) is 329 Å². The summed E-state index contributed by atoms with van der Waals surface area (Å²) in [6.07, 6.45) is 63.1. The summed E-state index contributed by atoms with van der Waals surface area (Å²) in [5, 5.41) is 57.1. The van der Waals surface area contributed by atoms with E-state index in [4.69, 9.17) is 14.2 Å². The number of ether oxygens (including phenoxy) is 3. The van der Waals surface area contributed by atoms with Crippen LogP contribution in [0.25, 0.3) is 0 Å². The molecule has 0 aromatic heterocycles. The molecule has 0 aromatic carbocycles. The molecule has 480 valence electrons. The number of aliphatic hydroxyl groups excluding tert-OH is 5. The number of amides is 1. The van der Waals surface area contributed by atoms with Crippen molar-refractivity contribution in [1.82, 2.24) is 5.32 Å². The van der Waals surface area contributed by atoms with Crippen molar-refractivity contribution in [3.8, 4) is 0 Å². The van der Waals surface area contributed by atoms with E-state index in [0.29, 0.717) is 19.3 Å². The maximum Gasteiger partial charge on any atom is 0.306 e. The molecule has 0 saturated carbocycles. The Balaban J connectivity index is 2.56. The minimum absolute atomic E-state index is 0.0987. The van der Waals surface area contributed by atoms with Gasteiger partial charge >= 0.3 is 5.97 Å². The van der Waals surface area contributed by atoms with E-state index < -0.39 is 67.4 Å². The lowest BCUT2D eigenvalue weighted by Crippen LogP contribution is -2.61. The third-order valence-electron chi connectivity index (χ3n) is 16.5. The van der Waals surface area contributed by atoms with Gasteiger partial charge < -0.3 is 45.1 Å². The van der Waals surface area contributed by atoms with Crippen LogP contribution >= 0.6 is 0 Å². The summed E-state index contributed by atoms with van der Waals surface area (Å²) in [6.45, 7) is 5.70. The first-order valence-electron chi connectivity index (χ1n) is 34.9. The topological polar surface area (TPSA) is 175 Å². The molecule has 1 fully saturated rings. The number of carbonyl (C=O) groups excluding carboxylic acids is 2. The summed E-state index contributed by atoms with van der Waals surface area (Å²) >= 11 is 0. The number of allylic oxidation sites excluding steroid dienone is 7. The van der Waals surface area contributed by atoms with Crippen LogP contribution in [-0.4, -0.2) is 99.6 Å². The first kappa shape index (κ1) is 77.6. The van der Waals surface area contributed by atoms with E-state index in [1.807, 2.05) is 6.08 Å². The number of esters is 1. The zero-order valence-electron chi connectivity index (χ0n) is 53.4. The Kier molecular flexibility index (Phi) is 55.8. The lowest BCUT2D eigenvalue weighted by molar-refractivity contribution is -0.305. The number of nitrogens with one attached hydrogen (secondary N) is 1. The van der Waals surface area contributed by atoms with Crippen molar-refractivity contribution < 1.29 is 49.3 Å². The summed E-state index contributed by atoms with van der Waals surface area (Å²) in [5.41, 5.74) is 0. The van der Waals surface area contributed by atoms with Gasteiger partial charge in [0.1, 0.15) is 24.4 Å². The molecule has 8 atom stereocenters. The first-order valence-corrected chi connectivity index (χ1v) is 34.9. The second-order valence-electron chi connectivity index (χ2n) is 24.2. The molecule has 0 aromatic rings. The van der Waals surface area contributed by atoms with Crippen molar-refractivity contribution >= 4 is 11.9 Å². The third-order valence-corrected chi connectivity index (χ3v) is 16.5. The Morgan fingerprint density at radius 2 is 0.878 bits per heavy atom. The molecule has 1 heterocycles. The van der Waals surface area contributed by atoms with E-state index in [0.717, 1.165) is 83.5 Å². The Morgan fingerprint density at radius 1 is 0.488 bits per heavy atom. The van der Waals surface area contributed by atoms with Crippen LogP contribution in [-0.2, 0) is 23.8 Å². The Bertz CT molecular complexity index is 1520. The highest BCUT2D eigenvalue weighted by atomic mass is 16.7. The van der Waals surface area contributed by atoms with Crippen LogP contribution < -0.4 is 5.32 Å². The number of hydrogen-bond acceptors (Lipinski definition) is 10. The quantitative estimate of drug-likeness (QED) is 0.0195. The SMILES string of the molecule is CC/C=C/C/C=C/C/C=C/CCCCCCC(=O)OC1C(OCC(NC(=O)C(O)CCCCCCCCCCCCCCCCCCCCCCCCCCCC)C(O)/C=C/CCCCCCCCCCCCC)OC(CO)C(O)C1O. The highest BCUT2D eigenvalue weighted by Gasteiger charge is 2.47. The molecule has 0 bridgehead atoms. The fraction of sp³-hybridized carbons (Fsp3) is 0.859. The van der Waals surface area contributed by atoms with Crippen LogP contribution in [0.2, 0.25) is 0 Å². The van der Waals surface area contributed by atoms with Gasteiger partial charge in [0.2, 0.25) is 5.91 Å². The van der Waals surface area contributed by atoms with Gasteiger partial charge in [-0.15, -0.1) is 0 Å². The molecule has 82 heavy (non-hydrogen) atoms. The summed E-state index contributed by atoms with van der Waals surface area (Å²) in [5.74, 6) is -1.21. The molecule has 1 aliphatic heterocycles. The standard InChI is InChI=1S/C71H131NO10/c1-4-7-10-13-16-19-22-25-27-28-29-30-31-32-33-34-35-36-37-38-40-43-46-49-52-55-58-64(75)70(79)72-62(63(74)57-54-51-48-45-42-39-24-21-18-15-12-9-6-3)61-80-71-69(68(78)67(77)65(60-73)81-71)82-66(76)59-56-53-50-47-44-41-26-23-20-17-14-11-8-5-2/h8,11,17,20,26,41,54,57,62-65,67-69,71,73-75,77-78H,4-7,9-10,12-16,18-19,21-25,27-40,42-53,55-56,58-61H2,1-3H3,(H,72,79)/b11-8+,20-17+,41-26+,57-54+. The lowest BCUT2D eigenvalue weighted by atomic mass is 9.99. The molecule has 1 saturated heterocycles. The van der Waals surface area contributed by atoms with Gasteiger partial charge in [0, 0.05) is 6.42 Å². The highest BCUT2D eigenvalue weighted by molar-refractivity contribution is 5.80. The molecule has 6 N–H and O–H groups in total. The van der Waals surface area contributed by atoms with Crippen molar-refractivity contribution in [2.24, 2.45) is 0 Å². The Hall–Kier alpha value is -2.38. The van der Waals surface area contributed by atoms with Gasteiger partial charge in [-0.25, -0.2) is 0 Å². The lowest BCUT2D eigenvalue weighted by Gasteiger charge is -2.41. The number of aliphatic hydroxyl groups is 5. The molecule has 8 unspecified atom stereocenters. The van der Waals surface area contributed by atoms with Gasteiger partial charge in [-0.05, 0) is 57.8 Å². The average Bonchev–Trinajstić information content (AvgIpc) is 3.45. The first-order chi connectivity index (χ1) is 40.2. The summed E-state index contributed by atoms with van der Waals surface area (Å²) < 4.78 is 17.6. The van der Waals surface area contributed by atoms with Crippen molar-refractivity contribution in [3.63, 3.8) is 0 Å². The Morgan fingerprint density at radius 3 is 1.32 bits per heavy atom. The van der Waals surface area contributed by atoms with Crippen molar-refractivity contribution in [2.45, 2.75) is 378 Å². The van der Waals surface area contributed by atoms with Crippen LogP contribution in [0.15, 0.2) is 48.6 Å². The molecule has 1 amide bonds. The summed E-state index contributed by atoms with van der Waals surface area (Å²) in [6, 6.07) is -1.03. The summed E-state index contributed by atoms with van der Waals surface area (Å²) in [4.78, 5) is 26.6. The minimum Gasteiger partial charge on any atom is -0.454 e. The monoisotopic (exact) mass is 1160 g/mol. The van der Waals surface area contributed by atoms with Crippen molar-refractivity contribution in [1.29, 1.82) is 0 Å². The van der Waals surface area contributed by atoms with E-state index in [2.05, 4.69) is 62.5 Å². The second kappa shape index (κ2) is 59.0. The smallest absolute Gasteiger partial charge is 0.306 e. The van der Waals surface area contributed by atoms with Gasteiger partial charge in [0.05, 0.1) is 25.4 Å². The van der Waals surface area contributed by atoms with E-state index in [9.17, 15) is 35.1 Å². The number of carbonyl (C=O) groups is 2. The molecule has 0 aliphatic carbocycles. The Labute approximate surface area is 504 Å². The maximum absolute atomic E-state index is 13.5. The van der Waals surface area contributed by atoms with Crippen molar-refractivity contribution in [3.05, 3.63) is 48.6 Å². The molecule has 1 aliphatic rings.